The third-order valence-electron chi connectivity index (χ3n) is 3.95. The van der Waals surface area contributed by atoms with Crippen molar-refractivity contribution in [2.75, 3.05) is 32.0 Å². The molecule has 2 heterocycles. The number of nitrogens with zero attached hydrogens (tertiary/aromatic N) is 2. The molecule has 1 aromatic rings. The first-order valence-corrected chi connectivity index (χ1v) is 7.08. The number of nitrogens with two attached hydrogens (primary N) is 1. The molecule has 0 unspecified atom stereocenters. The van der Waals surface area contributed by atoms with Crippen molar-refractivity contribution in [3.8, 4) is 0 Å². The molecule has 104 valence electrons. The summed E-state index contributed by atoms with van der Waals surface area (Å²) in [5.74, 6) is 0.801. The summed E-state index contributed by atoms with van der Waals surface area (Å²) in [5.41, 5.74) is 6.86. The van der Waals surface area contributed by atoms with Crippen LogP contribution in [0, 0.1) is 5.41 Å². The summed E-state index contributed by atoms with van der Waals surface area (Å²) >= 11 is 5.05. The second-order valence-corrected chi connectivity index (χ2v) is 6.17. The fourth-order valence-corrected chi connectivity index (χ4v) is 2.54. The Morgan fingerprint density at radius 1 is 1.53 bits per heavy atom. The number of pyridine rings is 1. The van der Waals surface area contributed by atoms with E-state index in [4.69, 9.17) is 18.0 Å². The number of aromatic nitrogens is 1. The summed E-state index contributed by atoms with van der Waals surface area (Å²) in [6, 6.07) is 3.77. The van der Waals surface area contributed by atoms with Gasteiger partial charge in [0.1, 0.15) is 10.8 Å². The molecule has 0 radical (unpaired) electrons. The van der Waals surface area contributed by atoms with Crippen molar-refractivity contribution in [1.82, 2.24) is 9.88 Å². The van der Waals surface area contributed by atoms with Gasteiger partial charge in [0.25, 0.3) is 0 Å². The third-order valence-corrected chi connectivity index (χ3v) is 4.17. The highest BCUT2D eigenvalue weighted by molar-refractivity contribution is 7.80. The average Bonchev–Trinajstić information content (AvgIpc) is 2.41. The fourth-order valence-electron chi connectivity index (χ4n) is 2.38. The van der Waals surface area contributed by atoms with Crippen LogP contribution < -0.4 is 11.1 Å². The Morgan fingerprint density at radius 2 is 2.21 bits per heavy atom. The van der Waals surface area contributed by atoms with Crippen molar-refractivity contribution in [2.24, 2.45) is 11.1 Å². The fraction of sp³-hybridized carbons (Fsp3) is 0.571. The quantitative estimate of drug-likeness (QED) is 0.823. The number of hydrogen-bond acceptors (Lipinski definition) is 4. The maximum atomic E-state index is 5.72. The monoisotopic (exact) mass is 278 g/mol. The molecule has 1 aromatic heterocycles. The van der Waals surface area contributed by atoms with Crippen molar-refractivity contribution in [1.29, 1.82) is 0 Å². The lowest BCUT2D eigenvalue weighted by molar-refractivity contribution is 0.150. The number of thiocarbonyl (C=S) groups is 1. The first-order chi connectivity index (χ1) is 9.00. The second kappa shape index (κ2) is 5.84. The summed E-state index contributed by atoms with van der Waals surface area (Å²) in [6.45, 7) is 5.55. The smallest absolute Gasteiger partial charge is 0.136 e. The molecule has 5 heteroatoms. The van der Waals surface area contributed by atoms with Crippen LogP contribution in [0.2, 0.25) is 0 Å². The number of rotatable bonds is 4. The minimum Gasteiger partial charge on any atom is -0.389 e. The summed E-state index contributed by atoms with van der Waals surface area (Å²) in [7, 11) is 2.18. The van der Waals surface area contributed by atoms with E-state index in [0.717, 1.165) is 31.0 Å². The highest BCUT2D eigenvalue weighted by Gasteiger charge is 2.28. The zero-order valence-corrected chi connectivity index (χ0v) is 12.5. The number of hydrogen-bond donors (Lipinski definition) is 2. The number of anilines is 1. The van der Waals surface area contributed by atoms with E-state index in [1.807, 2.05) is 12.1 Å². The molecule has 19 heavy (non-hydrogen) atoms. The number of likely N-dealkylation sites (tertiary alicyclic amines) is 1. The zero-order valence-electron chi connectivity index (χ0n) is 11.6. The molecule has 1 aliphatic heterocycles. The van der Waals surface area contributed by atoms with E-state index >= 15 is 0 Å². The lowest BCUT2D eigenvalue weighted by atomic mass is 9.80. The molecule has 3 N–H and O–H groups in total. The molecule has 0 spiro atoms. The Hall–Kier alpha value is -1.20. The zero-order chi connectivity index (χ0) is 13.9. The van der Waals surface area contributed by atoms with Gasteiger partial charge >= 0.3 is 0 Å². The molecule has 1 fully saturated rings. The van der Waals surface area contributed by atoms with Gasteiger partial charge in [-0.25, -0.2) is 4.98 Å². The first kappa shape index (κ1) is 14.2. The van der Waals surface area contributed by atoms with E-state index in [0.29, 0.717) is 10.4 Å². The third kappa shape index (κ3) is 3.64. The Morgan fingerprint density at radius 3 is 2.84 bits per heavy atom. The molecule has 2 rings (SSSR count). The highest BCUT2D eigenvalue weighted by atomic mass is 32.1. The Kier molecular flexibility index (Phi) is 4.37. The Labute approximate surface area is 120 Å². The normalized spacial score (nSPS) is 19.1. The SMILES string of the molecule is CN1CCC(C)(CNc2ncccc2C(N)=S)CC1. The summed E-state index contributed by atoms with van der Waals surface area (Å²) in [6.07, 6.45) is 4.17. The van der Waals surface area contributed by atoms with Crippen LogP contribution in [0.25, 0.3) is 0 Å². The lowest BCUT2D eigenvalue weighted by Crippen LogP contribution is -2.40. The van der Waals surface area contributed by atoms with E-state index in [-0.39, 0.29) is 0 Å². The van der Waals surface area contributed by atoms with Crippen LogP contribution in [0.1, 0.15) is 25.3 Å². The van der Waals surface area contributed by atoms with Crippen LogP contribution in [0.3, 0.4) is 0 Å². The van der Waals surface area contributed by atoms with E-state index in [1.165, 1.54) is 12.8 Å². The van der Waals surface area contributed by atoms with Crippen LogP contribution in [0.4, 0.5) is 5.82 Å². The van der Waals surface area contributed by atoms with Crippen LogP contribution in [-0.4, -0.2) is 41.6 Å². The van der Waals surface area contributed by atoms with Crippen LogP contribution in [0.15, 0.2) is 18.3 Å². The molecule has 0 aromatic carbocycles. The van der Waals surface area contributed by atoms with Gasteiger partial charge < -0.3 is 16.0 Å². The van der Waals surface area contributed by atoms with Gasteiger partial charge in [-0.1, -0.05) is 19.1 Å². The van der Waals surface area contributed by atoms with E-state index in [1.54, 1.807) is 6.20 Å². The predicted octanol–water partition coefficient (Wildman–Crippen LogP) is 1.86. The molecular weight excluding hydrogens is 256 g/mol. The second-order valence-electron chi connectivity index (χ2n) is 5.73. The van der Waals surface area contributed by atoms with Crippen molar-refractivity contribution in [3.63, 3.8) is 0 Å². The minimum atomic E-state index is 0.317. The van der Waals surface area contributed by atoms with Crippen LogP contribution >= 0.6 is 12.2 Å². The van der Waals surface area contributed by atoms with Crippen LogP contribution in [0.5, 0.6) is 0 Å². The molecular formula is C14H22N4S. The van der Waals surface area contributed by atoms with Gasteiger partial charge in [0.05, 0.1) is 5.56 Å². The summed E-state index contributed by atoms with van der Waals surface area (Å²) < 4.78 is 0. The molecule has 0 saturated carbocycles. The van der Waals surface area contributed by atoms with Crippen molar-refractivity contribution < 1.29 is 0 Å². The van der Waals surface area contributed by atoms with Gasteiger partial charge in [0, 0.05) is 12.7 Å². The van der Waals surface area contributed by atoms with Gasteiger partial charge in [-0.3, -0.25) is 0 Å². The molecule has 0 aliphatic carbocycles. The van der Waals surface area contributed by atoms with Gasteiger partial charge in [-0.05, 0) is 50.5 Å². The first-order valence-electron chi connectivity index (χ1n) is 6.67. The number of piperidine rings is 1. The molecule has 0 amide bonds. The molecule has 1 aliphatic rings. The summed E-state index contributed by atoms with van der Waals surface area (Å²) in [4.78, 5) is 7.11. The molecule has 0 bridgehead atoms. The van der Waals surface area contributed by atoms with Gasteiger partial charge in [-0.15, -0.1) is 0 Å². The average molecular weight is 278 g/mol. The minimum absolute atomic E-state index is 0.317. The van der Waals surface area contributed by atoms with E-state index in [9.17, 15) is 0 Å². The van der Waals surface area contributed by atoms with Crippen molar-refractivity contribution in [2.45, 2.75) is 19.8 Å². The maximum absolute atomic E-state index is 5.72. The number of nitrogens with one attached hydrogen (secondary N) is 1. The molecule has 0 atom stereocenters. The molecule has 4 nitrogen and oxygen atoms in total. The highest BCUT2D eigenvalue weighted by Crippen LogP contribution is 2.30. The van der Waals surface area contributed by atoms with Crippen LogP contribution in [-0.2, 0) is 0 Å². The lowest BCUT2D eigenvalue weighted by Gasteiger charge is -2.38. The standard InChI is InChI=1S/C14H22N4S/c1-14(5-8-18(2)9-6-14)10-17-13-11(12(15)19)4-3-7-16-13/h3-4,7H,5-6,8-10H2,1-2H3,(H2,15,19)(H,16,17). The van der Waals surface area contributed by atoms with Crippen molar-refractivity contribution in [3.05, 3.63) is 23.9 Å². The van der Waals surface area contributed by atoms with E-state index in [2.05, 4.69) is 29.2 Å². The Balaban J connectivity index is 2.01. The van der Waals surface area contributed by atoms with E-state index < -0.39 is 0 Å². The van der Waals surface area contributed by atoms with Gasteiger partial charge in [0.2, 0.25) is 0 Å². The van der Waals surface area contributed by atoms with Gasteiger partial charge in [0.15, 0.2) is 0 Å². The topological polar surface area (TPSA) is 54.2 Å². The largest absolute Gasteiger partial charge is 0.389 e. The summed E-state index contributed by atoms with van der Waals surface area (Å²) in [5, 5.41) is 3.42. The predicted molar refractivity (Wildman–Crippen MR) is 83.5 cm³/mol. The van der Waals surface area contributed by atoms with Gasteiger partial charge in [-0.2, -0.15) is 0 Å². The molecule has 1 saturated heterocycles. The maximum Gasteiger partial charge on any atom is 0.136 e. The van der Waals surface area contributed by atoms with Crippen molar-refractivity contribution >= 4 is 23.0 Å². The Bertz CT molecular complexity index is 453.